The Morgan fingerprint density at radius 1 is 0.897 bits per heavy atom. The van der Waals surface area contributed by atoms with Crippen LogP contribution in [0.25, 0.3) is 10.9 Å². The first-order chi connectivity index (χ1) is 14.0. The highest BCUT2D eigenvalue weighted by Crippen LogP contribution is 2.43. The molecule has 1 aromatic heterocycles. The third-order valence-electron chi connectivity index (χ3n) is 4.57. The van der Waals surface area contributed by atoms with Crippen molar-refractivity contribution < 1.29 is 33.4 Å². The molecule has 0 saturated heterocycles. The van der Waals surface area contributed by atoms with Gasteiger partial charge in [-0.1, -0.05) is 17.2 Å². The number of imide groups is 1. The van der Waals surface area contributed by atoms with Crippen molar-refractivity contribution in [3.05, 3.63) is 53.2 Å². The van der Waals surface area contributed by atoms with Gasteiger partial charge in [0.05, 0.1) is 38.0 Å². The molecule has 0 atom stereocenters. The van der Waals surface area contributed by atoms with E-state index in [-0.39, 0.29) is 16.8 Å². The maximum Gasteiger partial charge on any atom is 0.380 e. The van der Waals surface area contributed by atoms with Crippen LogP contribution in [-0.4, -0.2) is 49.2 Å². The molecule has 0 spiro atoms. The van der Waals surface area contributed by atoms with Crippen LogP contribution >= 0.6 is 0 Å². The lowest BCUT2D eigenvalue weighted by Crippen LogP contribution is -2.32. The van der Waals surface area contributed by atoms with Gasteiger partial charge in [0.1, 0.15) is 5.69 Å². The maximum atomic E-state index is 12.6. The van der Waals surface area contributed by atoms with E-state index in [1.165, 1.54) is 39.5 Å². The minimum Gasteiger partial charge on any atom is -0.493 e. The van der Waals surface area contributed by atoms with E-state index in [0.29, 0.717) is 33.2 Å². The molecule has 0 unspecified atom stereocenters. The Morgan fingerprint density at radius 2 is 1.52 bits per heavy atom. The largest absolute Gasteiger partial charge is 0.493 e. The number of fused-ring (bicyclic) bond motifs is 2. The molecular weight excluding hydrogens is 380 g/mol. The summed E-state index contributed by atoms with van der Waals surface area (Å²) < 4.78 is 16.0. The average molecular weight is 396 g/mol. The van der Waals surface area contributed by atoms with Crippen LogP contribution < -0.4 is 14.2 Å². The van der Waals surface area contributed by atoms with Crippen LogP contribution in [0.1, 0.15) is 31.2 Å². The van der Waals surface area contributed by atoms with Gasteiger partial charge in [0, 0.05) is 5.39 Å². The summed E-state index contributed by atoms with van der Waals surface area (Å²) in [6, 6.07) is 9.40. The number of aromatic nitrogens is 1. The maximum absolute atomic E-state index is 12.6. The first-order valence-electron chi connectivity index (χ1n) is 8.52. The molecule has 2 amide bonds. The van der Waals surface area contributed by atoms with E-state index >= 15 is 0 Å². The lowest BCUT2D eigenvalue weighted by molar-refractivity contribution is -0.0587. The standard InChI is InChI=1S/C20H16N2O7/c1-26-14-9-10-8-13(21-15(10)17(28-3)16(14)27-2)20(25)29-22-18(23)11-6-4-5-7-12(11)19(22)24/h4-9,21H,1-3H3. The summed E-state index contributed by atoms with van der Waals surface area (Å²) in [5.74, 6) is -1.20. The van der Waals surface area contributed by atoms with Crippen molar-refractivity contribution in [3.63, 3.8) is 0 Å². The van der Waals surface area contributed by atoms with E-state index in [4.69, 9.17) is 19.0 Å². The molecule has 0 radical (unpaired) electrons. The van der Waals surface area contributed by atoms with Gasteiger partial charge in [-0.25, -0.2) is 4.79 Å². The highest BCUT2D eigenvalue weighted by Gasteiger charge is 2.39. The molecule has 0 aliphatic carbocycles. The Bertz CT molecular complexity index is 1130. The van der Waals surface area contributed by atoms with E-state index < -0.39 is 17.8 Å². The van der Waals surface area contributed by atoms with E-state index in [1.807, 2.05) is 0 Å². The number of nitrogens with zero attached hydrogens (tertiary/aromatic N) is 1. The summed E-state index contributed by atoms with van der Waals surface area (Å²) in [6.45, 7) is 0. The van der Waals surface area contributed by atoms with Crippen LogP contribution in [0.5, 0.6) is 17.2 Å². The van der Waals surface area contributed by atoms with Crippen molar-refractivity contribution in [1.82, 2.24) is 10.0 Å². The van der Waals surface area contributed by atoms with Crippen LogP contribution in [0.3, 0.4) is 0 Å². The van der Waals surface area contributed by atoms with Crippen molar-refractivity contribution in [2.24, 2.45) is 0 Å². The molecule has 9 nitrogen and oxygen atoms in total. The van der Waals surface area contributed by atoms with Crippen molar-refractivity contribution in [2.45, 2.75) is 0 Å². The third kappa shape index (κ3) is 2.75. The predicted octanol–water partition coefficient (Wildman–Crippen LogP) is 2.56. The quantitative estimate of drug-likeness (QED) is 0.661. The molecule has 2 aromatic carbocycles. The molecule has 3 aromatic rings. The molecule has 1 N–H and O–H groups in total. The molecule has 1 aliphatic heterocycles. The summed E-state index contributed by atoms with van der Waals surface area (Å²) in [4.78, 5) is 45.3. The lowest BCUT2D eigenvalue weighted by atomic mass is 10.1. The molecule has 0 saturated carbocycles. The van der Waals surface area contributed by atoms with Crippen LogP contribution in [0.4, 0.5) is 0 Å². The summed E-state index contributed by atoms with van der Waals surface area (Å²) in [6.07, 6.45) is 0. The van der Waals surface area contributed by atoms with Gasteiger partial charge in [0.2, 0.25) is 5.75 Å². The first kappa shape index (κ1) is 18.4. The summed E-state index contributed by atoms with van der Waals surface area (Å²) >= 11 is 0. The minimum atomic E-state index is -0.907. The predicted molar refractivity (Wildman–Crippen MR) is 100 cm³/mol. The fourth-order valence-corrected chi connectivity index (χ4v) is 3.24. The SMILES string of the molecule is COc1cc2cc(C(=O)ON3C(=O)c4ccccc4C3=O)[nH]c2c(OC)c1OC. The molecule has 9 heteroatoms. The molecule has 148 valence electrons. The number of hydrogen-bond acceptors (Lipinski definition) is 7. The lowest BCUT2D eigenvalue weighted by Gasteiger charge is -2.12. The summed E-state index contributed by atoms with van der Waals surface area (Å²) in [7, 11) is 4.40. The second-order valence-corrected chi connectivity index (χ2v) is 6.12. The van der Waals surface area contributed by atoms with Crippen molar-refractivity contribution in [3.8, 4) is 17.2 Å². The molecule has 29 heavy (non-hydrogen) atoms. The highest BCUT2D eigenvalue weighted by atomic mass is 16.7. The topological polar surface area (TPSA) is 107 Å². The Balaban J connectivity index is 1.68. The normalized spacial score (nSPS) is 12.9. The van der Waals surface area contributed by atoms with E-state index in [2.05, 4.69) is 4.98 Å². The number of aromatic amines is 1. The van der Waals surface area contributed by atoms with Gasteiger partial charge in [-0.15, -0.1) is 0 Å². The fraction of sp³-hybridized carbons (Fsp3) is 0.150. The molecule has 4 rings (SSSR count). The second kappa shape index (κ2) is 6.86. The van der Waals surface area contributed by atoms with Gasteiger partial charge in [0.15, 0.2) is 11.5 Å². The third-order valence-corrected chi connectivity index (χ3v) is 4.57. The zero-order valence-electron chi connectivity index (χ0n) is 15.8. The molecule has 2 heterocycles. The Hall–Kier alpha value is -4.01. The molecule has 0 bridgehead atoms. The summed E-state index contributed by atoms with van der Waals surface area (Å²) in [5, 5.41) is 1.05. The second-order valence-electron chi connectivity index (χ2n) is 6.12. The van der Waals surface area contributed by atoms with E-state index in [1.54, 1.807) is 18.2 Å². The first-order valence-corrected chi connectivity index (χ1v) is 8.52. The number of hydroxylamine groups is 2. The number of carbonyl (C=O) groups is 3. The number of H-pyrrole nitrogens is 1. The number of nitrogens with one attached hydrogen (secondary N) is 1. The zero-order valence-corrected chi connectivity index (χ0v) is 15.8. The number of benzene rings is 2. The van der Waals surface area contributed by atoms with Gasteiger partial charge in [0.25, 0.3) is 11.8 Å². The van der Waals surface area contributed by atoms with Gasteiger partial charge >= 0.3 is 5.97 Å². The number of ether oxygens (including phenoxy) is 3. The van der Waals surface area contributed by atoms with Crippen molar-refractivity contribution in [1.29, 1.82) is 0 Å². The Labute approximate surface area is 164 Å². The zero-order chi connectivity index (χ0) is 20.7. The number of carbonyl (C=O) groups excluding carboxylic acids is 3. The number of amides is 2. The van der Waals surface area contributed by atoms with Crippen molar-refractivity contribution >= 4 is 28.7 Å². The van der Waals surface area contributed by atoms with Gasteiger partial charge in [-0.2, -0.15) is 0 Å². The van der Waals surface area contributed by atoms with Crippen LogP contribution in [-0.2, 0) is 4.84 Å². The number of methoxy groups -OCH3 is 3. The molecule has 0 fully saturated rings. The average Bonchev–Trinajstić information content (AvgIpc) is 3.27. The molecular formula is C20H16N2O7. The number of hydrogen-bond donors (Lipinski definition) is 1. The monoisotopic (exact) mass is 396 g/mol. The fourth-order valence-electron chi connectivity index (χ4n) is 3.24. The molecule has 1 aliphatic rings. The summed E-state index contributed by atoms with van der Waals surface area (Å²) in [5.41, 5.74) is 0.848. The van der Waals surface area contributed by atoms with Gasteiger partial charge in [-0.05, 0) is 24.3 Å². The smallest absolute Gasteiger partial charge is 0.380 e. The Morgan fingerprint density at radius 3 is 2.07 bits per heavy atom. The van der Waals surface area contributed by atoms with E-state index in [9.17, 15) is 14.4 Å². The Kier molecular flexibility index (Phi) is 4.34. The van der Waals surface area contributed by atoms with Crippen LogP contribution in [0, 0.1) is 0 Å². The van der Waals surface area contributed by atoms with Gasteiger partial charge < -0.3 is 24.0 Å². The van der Waals surface area contributed by atoms with Crippen molar-refractivity contribution in [2.75, 3.05) is 21.3 Å². The highest BCUT2D eigenvalue weighted by molar-refractivity contribution is 6.21. The minimum absolute atomic E-state index is 0.0187. The number of rotatable bonds is 5. The van der Waals surface area contributed by atoms with Crippen LogP contribution in [0.2, 0.25) is 0 Å². The van der Waals surface area contributed by atoms with E-state index in [0.717, 1.165) is 0 Å². The van der Waals surface area contributed by atoms with Gasteiger partial charge in [-0.3, -0.25) is 9.59 Å². The van der Waals surface area contributed by atoms with Crippen LogP contribution in [0.15, 0.2) is 36.4 Å².